The van der Waals surface area contributed by atoms with Gasteiger partial charge >= 0.3 is 0 Å². The van der Waals surface area contributed by atoms with Gasteiger partial charge in [-0.05, 0) is 36.8 Å². The number of aromatic nitrogens is 1. The predicted octanol–water partition coefficient (Wildman–Crippen LogP) is 4.80. The molecule has 2 heteroatoms. The summed E-state index contributed by atoms with van der Waals surface area (Å²) >= 11 is 0. The van der Waals surface area contributed by atoms with Gasteiger partial charge in [0.05, 0.1) is 11.0 Å². The lowest BCUT2D eigenvalue weighted by atomic mass is 10.1. The molecule has 0 saturated carbocycles. The second-order valence-electron chi connectivity index (χ2n) is 5.34. The first-order valence-corrected chi connectivity index (χ1v) is 7.04. The van der Waals surface area contributed by atoms with Gasteiger partial charge in [-0.1, -0.05) is 36.4 Å². The zero-order chi connectivity index (χ0) is 14.4. The number of aromatic hydroxyl groups is 1. The minimum absolute atomic E-state index is 0.336. The maximum atomic E-state index is 10.1. The van der Waals surface area contributed by atoms with Crippen molar-refractivity contribution >= 4 is 21.8 Å². The van der Waals surface area contributed by atoms with Crippen molar-refractivity contribution in [2.45, 2.75) is 6.92 Å². The molecule has 4 aromatic rings. The number of fused-ring (bicyclic) bond motifs is 3. The minimum atomic E-state index is 0.336. The minimum Gasteiger partial charge on any atom is -0.508 e. The Labute approximate surface area is 122 Å². The van der Waals surface area contributed by atoms with Gasteiger partial charge in [0.1, 0.15) is 5.75 Å². The van der Waals surface area contributed by atoms with Gasteiger partial charge in [-0.3, -0.25) is 0 Å². The van der Waals surface area contributed by atoms with Gasteiger partial charge in [0.25, 0.3) is 0 Å². The molecule has 0 radical (unpaired) electrons. The molecule has 0 atom stereocenters. The fourth-order valence-electron chi connectivity index (χ4n) is 2.97. The Morgan fingerprint density at radius 3 is 2.29 bits per heavy atom. The van der Waals surface area contributed by atoms with Crippen LogP contribution in [-0.2, 0) is 0 Å². The number of phenolic OH excluding ortho intramolecular Hbond substituents is 1. The van der Waals surface area contributed by atoms with Crippen LogP contribution in [0.3, 0.4) is 0 Å². The van der Waals surface area contributed by atoms with Crippen LogP contribution in [0.25, 0.3) is 27.5 Å². The molecule has 1 aromatic heterocycles. The van der Waals surface area contributed by atoms with Gasteiger partial charge in [-0.25, -0.2) is 0 Å². The molecule has 102 valence electrons. The van der Waals surface area contributed by atoms with Crippen LogP contribution in [-0.4, -0.2) is 9.67 Å². The molecule has 0 bridgehead atoms. The molecule has 0 fully saturated rings. The van der Waals surface area contributed by atoms with Crippen molar-refractivity contribution in [2.24, 2.45) is 0 Å². The number of hydrogen-bond acceptors (Lipinski definition) is 1. The molecule has 0 saturated heterocycles. The van der Waals surface area contributed by atoms with Crippen molar-refractivity contribution in [2.75, 3.05) is 0 Å². The number of phenols is 1. The summed E-state index contributed by atoms with van der Waals surface area (Å²) < 4.78 is 2.20. The van der Waals surface area contributed by atoms with Crippen molar-refractivity contribution in [1.82, 2.24) is 4.57 Å². The van der Waals surface area contributed by atoms with Crippen LogP contribution in [0.1, 0.15) is 5.56 Å². The second-order valence-corrected chi connectivity index (χ2v) is 5.34. The standard InChI is InChI=1S/C19H15NO/c1-13-11-16-15-9-5-6-10-17(15)20(18(16)12-19(13)21)14-7-3-2-4-8-14/h2-12,21H,1H3. The molecule has 2 nitrogen and oxygen atoms in total. The Kier molecular flexibility index (Phi) is 2.51. The van der Waals surface area contributed by atoms with E-state index in [1.165, 1.54) is 10.8 Å². The van der Waals surface area contributed by atoms with Crippen LogP contribution in [0.15, 0.2) is 66.7 Å². The number of para-hydroxylation sites is 2. The summed E-state index contributed by atoms with van der Waals surface area (Å²) in [5.74, 6) is 0.336. The summed E-state index contributed by atoms with van der Waals surface area (Å²) in [4.78, 5) is 0. The van der Waals surface area contributed by atoms with Gasteiger partial charge in [0, 0.05) is 22.5 Å². The molecule has 0 spiro atoms. The first-order valence-electron chi connectivity index (χ1n) is 7.04. The number of aryl methyl sites for hydroxylation is 1. The molecular weight excluding hydrogens is 258 g/mol. The van der Waals surface area contributed by atoms with Crippen molar-refractivity contribution in [1.29, 1.82) is 0 Å². The summed E-state index contributed by atoms with van der Waals surface area (Å²) in [6.07, 6.45) is 0. The van der Waals surface area contributed by atoms with Crippen LogP contribution in [0.2, 0.25) is 0 Å². The van der Waals surface area contributed by atoms with E-state index in [0.717, 1.165) is 22.3 Å². The highest BCUT2D eigenvalue weighted by Gasteiger charge is 2.13. The molecule has 1 N–H and O–H groups in total. The summed E-state index contributed by atoms with van der Waals surface area (Å²) in [6, 6.07) is 22.5. The average Bonchev–Trinajstić information content (AvgIpc) is 2.82. The summed E-state index contributed by atoms with van der Waals surface area (Å²) in [5.41, 5.74) is 4.19. The lowest BCUT2D eigenvalue weighted by Gasteiger charge is -2.08. The Hall–Kier alpha value is -2.74. The Morgan fingerprint density at radius 1 is 0.762 bits per heavy atom. The zero-order valence-corrected chi connectivity index (χ0v) is 11.7. The fraction of sp³-hybridized carbons (Fsp3) is 0.0526. The molecule has 21 heavy (non-hydrogen) atoms. The van der Waals surface area contributed by atoms with E-state index < -0.39 is 0 Å². The maximum absolute atomic E-state index is 10.1. The first kappa shape index (κ1) is 12.0. The highest BCUT2D eigenvalue weighted by Crippen LogP contribution is 2.35. The lowest BCUT2D eigenvalue weighted by molar-refractivity contribution is 0.472. The van der Waals surface area contributed by atoms with E-state index in [1.54, 1.807) is 0 Å². The van der Waals surface area contributed by atoms with Gasteiger partial charge < -0.3 is 9.67 Å². The third-order valence-corrected chi connectivity index (χ3v) is 4.00. The van der Waals surface area contributed by atoms with Gasteiger partial charge in [0.2, 0.25) is 0 Å². The average molecular weight is 273 g/mol. The molecule has 0 aliphatic heterocycles. The molecule has 0 amide bonds. The van der Waals surface area contributed by atoms with E-state index in [1.807, 2.05) is 37.3 Å². The van der Waals surface area contributed by atoms with E-state index in [2.05, 4.69) is 41.0 Å². The van der Waals surface area contributed by atoms with E-state index in [4.69, 9.17) is 0 Å². The lowest BCUT2D eigenvalue weighted by Crippen LogP contribution is -1.92. The topological polar surface area (TPSA) is 25.2 Å². The van der Waals surface area contributed by atoms with E-state index in [-0.39, 0.29) is 0 Å². The molecule has 3 aromatic carbocycles. The second kappa shape index (κ2) is 4.38. The molecule has 0 aliphatic carbocycles. The molecule has 1 heterocycles. The van der Waals surface area contributed by atoms with Crippen LogP contribution in [0, 0.1) is 6.92 Å². The normalized spacial score (nSPS) is 11.3. The SMILES string of the molecule is Cc1cc2c3ccccc3n(-c3ccccc3)c2cc1O. The molecule has 4 rings (SSSR count). The largest absolute Gasteiger partial charge is 0.508 e. The molecule has 0 aliphatic rings. The summed E-state index contributed by atoms with van der Waals surface area (Å²) in [7, 11) is 0. The first-order chi connectivity index (χ1) is 10.3. The highest BCUT2D eigenvalue weighted by molar-refractivity contribution is 6.09. The van der Waals surface area contributed by atoms with Crippen LogP contribution in [0.5, 0.6) is 5.75 Å². The van der Waals surface area contributed by atoms with Crippen molar-refractivity contribution in [3.63, 3.8) is 0 Å². The molecular formula is C19H15NO. The quantitative estimate of drug-likeness (QED) is 0.529. The van der Waals surface area contributed by atoms with Crippen LogP contribution >= 0.6 is 0 Å². The van der Waals surface area contributed by atoms with Crippen molar-refractivity contribution < 1.29 is 5.11 Å². The predicted molar refractivity (Wildman–Crippen MR) is 87.2 cm³/mol. The number of rotatable bonds is 1. The summed E-state index contributed by atoms with van der Waals surface area (Å²) in [5, 5.41) is 12.5. The Balaban J connectivity index is 2.24. The van der Waals surface area contributed by atoms with Crippen molar-refractivity contribution in [3.05, 3.63) is 72.3 Å². The maximum Gasteiger partial charge on any atom is 0.120 e. The Morgan fingerprint density at radius 2 is 1.48 bits per heavy atom. The van der Waals surface area contributed by atoms with Crippen LogP contribution in [0.4, 0.5) is 0 Å². The van der Waals surface area contributed by atoms with Crippen LogP contribution < -0.4 is 0 Å². The third kappa shape index (κ3) is 1.73. The van der Waals surface area contributed by atoms with E-state index in [0.29, 0.717) is 5.75 Å². The number of hydrogen-bond donors (Lipinski definition) is 1. The monoisotopic (exact) mass is 273 g/mol. The Bertz CT molecular complexity index is 952. The van der Waals surface area contributed by atoms with E-state index >= 15 is 0 Å². The number of nitrogens with zero attached hydrogens (tertiary/aromatic N) is 1. The van der Waals surface area contributed by atoms with E-state index in [9.17, 15) is 5.11 Å². The number of benzene rings is 3. The van der Waals surface area contributed by atoms with Gasteiger partial charge in [-0.2, -0.15) is 0 Å². The van der Waals surface area contributed by atoms with Gasteiger partial charge in [0.15, 0.2) is 0 Å². The highest BCUT2D eigenvalue weighted by atomic mass is 16.3. The smallest absolute Gasteiger partial charge is 0.120 e. The zero-order valence-electron chi connectivity index (χ0n) is 11.7. The summed E-state index contributed by atoms with van der Waals surface area (Å²) in [6.45, 7) is 1.93. The fourth-order valence-corrected chi connectivity index (χ4v) is 2.97. The van der Waals surface area contributed by atoms with Gasteiger partial charge in [-0.15, -0.1) is 0 Å². The third-order valence-electron chi connectivity index (χ3n) is 4.00. The molecule has 0 unspecified atom stereocenters. The van der Waals surface area contributed by atoms with Crippen molar-refractivity contribution in [3.8, 4) is 11.4 Å².